The van der Waals surface area contributed by atoms with Crippen LogP contribution >= 0.6 is 0 Å². The zero-order valence-corrected chi connectivity index (χ0v) is 10.4. The predicted octanol–water partition coefficient (Wildman–Crippen LogP) is 2.58. The monoisotopic (exact) mass is 256 g/mol. The van der Waals surface area contributed by atoms with Gasteiger partial charge in [0.05, 0.1) is 29.0 Å². The average molecular weight is 256 g/mol. The second-order valence-corrected chi connectivity index (χ2v) is 4.44. The maximum Gasteiger partial charge on any atom is 0.131 e. The van der Waals surface area contributed by atoms with Gasteiger partial charge in [-0.15, -0.1) is 0 Å². The number of aromatic nitrogens is 3. The molecule has 0 aliphatic heterocycles. The molecule has 1 atom stereocenters. The van der Waals surface area contributed by atoms with Crippen molar-refractivity contribution >= 4 is 11.0 Å². The van der Waals surface area contributed by atoms with Crippen LogP contribution in [0.5, 0.6) is 0 Å². The summed E-state index contributed by atoms with van der Waals surface area (Å²) in [5, 5.41) is 0. The molecular formula is C14H13FN4. The maximum absolute atomic E-state index is 13.5. The van der Waals surface area contributed by atoms with Crippen LogP contribution < -0.4 is 5.73 Å². The minimum atomic E-state index is -0.297. The van der Waals surface area contributed by atoms with E-state index in [1.807, 2.05) is 23.6 Å². The molecule has 2 heterocycles. The molecule has 0 bridgehead atoms. The summed E-state index contributed by atoms with van der Waals surface area (Å²) >= 11 is 0. The SMILES string of the molecule is C[C@H](N)c1nc2ccc(F)cc2n1-c1cccnc1. The molecule has 19 heavy (non-hydrogen) atoms. The van der Waals surface area contributed by atoms with Crippen molar-refractivity contribution < 1.29 is 4.39 Å². The standard InChI is InChI=1S/C14H13FN4/c1-9(16)14-18-12-5-4-10(15)7-13(12)19(14)11-3-2-6-17-8-11/h2-9H,16H2,1H3/t9-/m0/s1. The quantitative estimate of drug-likeness (QED) is 0.766. The van der Waals surface area contributed by atoms with Crippen LogP contribution in [0.1, 0.15) is 18.8 Å². The van der Waals surface area contributed by atoms with Crippen molar-refractivity contribution in [3.8, 4) is 5.69 Å². The normalized spacial score (nSPS) is 12.8. The van der Waals surface area contributed by atoms with Crippen LogP contribution in [0.4, 0.5) is 4.39 Å². The Balaban J connectivity index is 2.36. The Kier molecular flexibility index (Phi) is 2.76. The van der Waals surface area contributed by atoms with Gasteiger partial charge in [0.25, 0.3) is 0 Å². The zero-order valence-electron chi connectivity index (χ0n) is 10.4. The summed E-state index contributed by atoms with van der Waals surface area (Å²) in [7, 11) is 0. The van der Waals surface area contributed by atoms with Crippen LogP contribution in [0.25, 0.3) is 16.7 Å². The van der Waals surface area contributed by atoms with Gasteiger partial charge in [-0.25, -0.2) is 9.37 Å². The first-order valence-electron chi connectivity index (χ1n) is 6.00. The summed E-state index contributed by atoms with van der Waals surface area (Å²) in [4.78, 5) is 8.56. The van der Waals surface area contributed by atoms with Gasteiger partial charge in [0.2, 0.25) is 0 Å². The molecule has 0 fully saturated rings. The van der Waals surface area contributed by atoms with Gasteiger partial charge in [-0.2, -0.15) is 0 Å². The minimum Gasteiger partial charge on any atom is -0.322 e. The fraction of sp³-hybridized carbons (Fsp3) is 0.143. The molecule has 0 saturated heterocycles. The molecule has 0 spiro atoms. The molecule has 4 nitrogen and oxygen atoms in total. The highest BCUT2D eigenvalue weighted by Gasteiger charge is 2.15. The molecule has 3 rings (SSSR count). The third-order valence-electron chi connectivity index (χ3n) is 2.95. The van der Waals surface area contributed by atoms with Crippen molar-refractivity contribution in [2.75, 3.05) is 0 Å². The Morgan fingerprint density at radius 3 is 2.84 bits per heavy atom. The minimum absolute atomic E-state index is 0.254. The number of fused-ring (bicyclic) bond motifs is 1. The van der Waals surface area contributed by atoms with E-state index in [0.29, 0.717) is 11.3 Å². The Hall–Kier alpha value is -2.27. The summed E-state index contributed by atoms with van der Waals surface area (Å²) in [5.41, 5.74) is 8.19. The first-order valence-corrected chi connectivity index (χ1v) is 6.00. The molecule has 96 valence electrons. The first kappa shape index (κ1) is 11.8. The molecule has 0 unspecified atom stereocenters. The predicted molar refractivity (Wildman–Crippen MR) is 71.4 cm³/mol. The topological polar surface area (TPSA) is 56.7 Å². The first-order chi connectivity index (χ1) is 9.16. The number of halogens is 1. The number of imidazole rings is 1. The largest absolute Gasteiger partial charge is 0.322 e. The van der Waals surface area contributed by atoms with Crippen LogP contribution in [0.15, 0.2) is 42.7 Å². The molecule has 2 aromatic heterocycles. The van der Waals surface area contributed by atoms with Gasteiger partial charge in [0, 0.05) is 12.3 Å². The van der Waals surface area contributed by atoms with Gasteiger partial charge in [0.15, 0.2) is 0 Å². The molecule has 0 aliphatic rings. The fourth-order valence-corrected chi connectivity index (χ4v) is 2.13. The van der Waals surface area contributed by atoms with Crippen LogP contribution in [-0.2, 0) is 0 Å². The van der Waals surface area contributed by atoms with Crippen molar-refractivity contribution in [3.63, 3.8) is 0 Å². The second kappa shape index (κ2) is 4.44. The molecule has 0 radical (unpaired) electrons. The van der Waals surface area contributed by atoms with Crippen molar-refractivity contribution in [2.24, 2.45) is 5.73 Å². The van der Waals surface area contributed by atoms with E-state index in [2.05, 4.69) is 9.97 Å². The van der Waals surface area contributed by atoms with Crippen LogP contribution in [0, 0.1) is 5.82 Å². The van der Waals surface area contributed by atoms with Gasteiger partial charge < -0.3 is 5.73 Å². The fourth-order valence-electron chi connectivity index (χ4n) is 2.13. The Morgan fingerprint density at radius 2 is 2.16 bits per heavy atom. The maximum atomic E-state index is 13.5. The van der Waals surface area contributed by atoms with Crippen molar-refractivity contribution in [2.45, 2.75) is 13.0 Å². The van der Waals surface area contributed by atoms with Crippen molar-refractivity contribution in [3.05, 3.63) is 54.4 Å². The van der Waals surface area contributed by atoms with Gasteiger partial charge in [-0.1, -0.05) is 0 Å². The number of hydrogen-bond acceptors (Lipinski definition) is 3. The Bertz CT molecular complexity index is 719. The van der Waals surface area contributed by atoms with Crippen LogP contribution in [-0.4, -0.2) is 14.5 Å². The molecule has 1 aromatic carbocycles. The summed E-state index contributed by atoms with van der Waals surface area (Å²) in [6, 6.07) is 7.98. The number of nitrogens with zero attached hydrogens (tertiary/aromatic N) is 3. The van der Waals surface area contributed by atoms with E-state index in [-0.39, 0.29) is 11.9 Å². The number of pyridine rings is 1. The lowest BCUT2D eigenvalue weighted by Gasteiger charge is -2.10. The second-order valence-electron chi connectivity index (χ2n) is 4.44. The Morgan fingerprint density at radius 1 is 1.32 bits per heavy atom. The van der Waals surface area contributed by atoms with Crippen molar-refractivity contribution in [1.82, 2.24) is 14.5 Å². The average Bonchev–Trinajstić information content (AvgIpc) is 2.78. The van der Waals surface area contributed by atoms with Crippen molar-refractivity contribution in [1.29, 1.82) is 0 Å². The summed E-state index contributed by atoms with van der Waals surface area (Å²) in [6.45, 7) is 1.85. The number of benzene rings is 1. The van der Waals surface area contributed by atoms with E-state index < -0.39 is 0 Å². The van der Waals surface area contributed by atoms with E-state index in [1.54, 1.807) is 18.5 Å². The highest BCUT2D eigenvalue weighted by atomic mass is 19.1. The lowest BCUT2D eigenvalue weighted by molar-refractivity contribution is 0.629. The third-order valence-corrected chi connectivity index (χ3v) is 2.95. The van der Waals surface area contributed by atoms with Gasteiger partial charge in [0.1, 0.15) is 11.6 Å². The smallest absolute Gasteiger partial charge is 0.131 e. The molecular weight excluding hydrogens is 243 g/mol. The highest BCUT2D eigenvalue weighted by Crippen LogP contribution is 2.24. The number of hydrogen-bond donors (Lipinski definition) is 1. The molecule has 3 aromatic rings. The lowest BCUT2D eigenvalue weighted by atomic mass is 10.3. The van der Waals surface area contributed by atoms with Crippen LogP contribution in [0.2, 0.25) is 0 Å². The van der Waals surface area contributed by atoms with E-state index in [0.717, 1.165) is 11.2 Å². The molecule has 0 saturated carbocycles. The van der Waals surface area contributed by atoms with Gasteiger partial charge in [-0.05, 0) is 31.2 Å². The molecule has 5 heteroatoms. The summed E-state index contributed by atoms with van der Waals surface area (Å²) in [6.07, 6.45) is 3.40. The van der Waals surface area contributed by atoms with E-state index in [1.165, 1.54) is 12.1 Å². The molecule has 2 N–H and O–H groups in total. The van der Waals surface area contributed by atoms with E-state index in [9.17, 15) is 4.39 Å². The number of rotatable bonds is 2. The van der Waals surface area contributed by atoms with Gasteiger partial charge in [-0.3, -0.25) is 9.55 Å². The lowest BCUT2D eigenvalue weighted by Crippen LogP contribution is -2.12. The van der Waals surface area contributed by atoms with E-state index in [4.69, 9.17) is 5.73 Å². The molecule has 0 aliphatic carbocycles. The summed E-state index contributed by atoms with van der Waals surface area (Å²) in [5.74, 6) is 0.391. The summed E-state index contributed by atoms with van der Waals surface area (Å²) < 4.78 is 15.3. The number of nitrogens with two attached hydrogens (primary N) is 1. The third kappa shape index (κ3) is 1.98. The van der Waals surface area contributed by atoms with Gasteiger partial charge >= 0.3 is 0 Å². The Labute approximate surface area is 109 Å². The highest BCUT2D eigenvalue weighted by molar-refractivity contribution is 5.78. The van der Waals surface area contributed by atoms with E-state index >= 15 is 0 Å². The molecule has 0 amide bonds. The zero-order chi connectivity index (χ0) is 13.4. The van der Waals surface area contributed by atoms with Crippen LogP contribution in [0.3, 0.4) is 0 Å².